The van der Waals surface area contributed by atoms with E-state index in [9.17, 15) is 9.59 Å². The molecule has 1 aliphatic rings. The van der Waals surface area contributed by atoms with E-state index in [1.807, 2.05) is 0 Å². The summed E-state index contributed by atoms with van der Waals surface area (Å²) < 4.78 is 0. The molecule has 0 bridgehead atoms. The third-order valence-electron chi connectivity index (χ3n) is 2.18. The lowest BCUT2D eigenvalue weighted by molar-refractivity contribution is -0.150. The highest BCUT2D eigenvalue weighted by molar-refractivity contribution is 6.41. The number of aliphatic hydroxyl groups excluding tert-OH is 1. The summed E-state index contributed by atoms with van der Waals surface area (Å²) in [6, 6.07) is 0. The fourth-order valence-electron chi connectivity index (χ4n) is 1.23. The maximum absolute atomic E-state index is 11.1. The van der Waals surface area contributed by atoms with Crippen LogP contribution in [0.4, 0.5) is 0 Å². The molecule has 0 aromatic heterocycles. The van der Waals surface area contributed by atoms with E-state index in [2.05, 4.69) is 0 Å². The van der Waals surface area contributed by atoms with Crippen LogP contribution in [0.1, 0.15) is 26.7 Å². The Morgan fingerprint density at radius 2 is 2.00 bits per heavy atom. The van der Waals surface area contributed by atoms with Crippen LogP contribution in [0, 0.1) is 5.41 Å². The molecule has 0 amide bonds. The van der Waals surface area contributed by atoms with Crippen LogP contribution in [0.15, 0.2) is 0 Å². The highest BCUT2D eigenvalue weighted by atomic mass is 16.3. The number of carbonyl (C=O) groups is 2. The van der Waals surface area contributed by atoms with Crippen molar-refractivity contribution < 1.29 is 14.7 Å². The Morgan fingerprint density at radius 1 is 1.45 bits per heavy atom. The Labute approximate surface area is 65.4 Å². The average molecular weight is 156 g/mol. The second-order valence-electron chi connectivity index (χ2n) is 3.63. The van der Waals surface area contributed by atoms with E-state index in [0.717, 1.165) is 0 Å². The van der Waals surface area contributed by atoms with Crippen molar-refractivity contribution in [3.63, 3.8) is 0 Å². The number of carbonyl (C=O) groups excluding carboxylic acids is 2. The van der Waals surface area contributed by atoms with Crippen LogP contribution in [-0.2, 0) is 9.59 Å². The first-order valence-electron chi connectivity index (χ1n) is 3.72. The molecule has 1 atom stereocenters. The molecule has 11 heavy (non-hydrogen) atoms. The first kappa shape index (κ1) is 8.40. The lowest BCUT2D eigenvalue weighted by Gasteiger charge is -2.28. The van der Waals surface area contributed by atoms with E-state index < -0.39 is 23.1 Å². The Bertz CT molecular complexity index is 205. The number of ketones is 2. The highest BCUT2D eigenvalue weighted by Gasteiger charge is 2.40. The predicted molar refractivity (Wildman–Crippen MR) is 39.0 cm³/mol. The summed E-state index contributed by atoms with van der Waals surface area (Å²) in [6.45, 7) is 3.47. The van der Waals surface area contributed by atoms with Crippen LogP contribution in [-0.4, -0.2) is 22.8 Å². The fraction of sp³-hybridized carbons (Fsp3) is 0.750. The molecular weight excluding hydrogens is 144 g/mol. The summed E-state index contributed by atoms with van der Waals surface area (Å²) >= 11 is 0. The van der Waals surface area contributed by atoms with Crippen LogP contribution in [0.25, 0.3) is 0 Å². The third kappa shape index (κ3) is 1.33. The summed E-state index contributed by atoms with van der Waals surface area (Å²) in [5.74, 6) is -1.06. The first-order chi connectivity index (χ1) is 4.95. The molecule has 0 saturated heterocycles. The van der Waals surface area contributed by atoms with Gasteiger partial charge < -0.3 is 5.11 Å². The zero-order valence-electron chi connectivity index (χ0n) is 6.76. The first-order valence-corrected chi connectivity index (χ1v) is 3.72. The van der Waals surface area contributed by atoms with Gasteiger partial charge in [0.15, 0.2) is 0 Å². The summed E-state index contributed by atoms with van der Waals surface area (Å²) in [4.78, 5) is 22.1. The van der Waals surface area contributed by atoms with Crippen molar-refractivity contribution in [3.05, 3.63) is 0 Å². The lowest BCUT2D eigenvalue weighted by Crippen LogP contribution is -2.43. The van der Waals surface area contributed by atoms with Gasteiger partial charge in [-0.25, -0.2) is 0 Å². The smallest absolute Gasteiger partial charge is 0.227 e. The minimum atomic E-state index is -1.05. The third-order valence-corrected chi connectivity index (χ3v) is 2.18. The van der Waals surface area contributed by atoms with Crippen molar-refractivity contribution in [2.45, 2.75) is 32.8 Å². The van der Waals surface area contributed by atoms with Crippen molar-refractivity contribution >= 4 is 11.6 Å². The normalized spacial score (nSPS) is 30.6. The molecule has 3 nitrogen and oxygen atoms in total. The van der Waals surface area contributed by atoms with Gasteiger partial charge in [-0.2, -0.15) is 0 Å². The van der Waals surface area contributed by atoms with Gasteiger partial charge in [0.05, 0.1) is 0 Å². The molecule has 1 fully saturated rings. The molecule has 1 aliphatic carbocycles. The number of hydrogen-bond acceptors (Lipinski definition) is 3. The summed E-state index contributed by atoms with van der Waals surface area (Å²) in [6.07, 6.45) is -0.0356. The van der Waals surface area contributed by atoms with Crippen LogP contribution in [0.2, 0.25) is 0 Å². The maximum atomic E-state index is 11.1. The van der Waals surface area contributed by atoms with E-state index in [1.54, 1.807) is 13.8 Å². The number of rotatable bonds is 0. The van der Waals surface area contributed by atoms with E-state index >= 15 is 0 Å². The molecule has 0 aromatic rings. The summed E-state index contributed by atoms with van der Waals surface area (Å²) in [7, 11) is 0. The molecule has 1 saturated carbocycles. The van der Waals surface area contributed by atoms with Gasteiger partial charge in [-0.1, -0.05) is 13.8 Å². The second kappa shape index (κ2) is 2.41. The molecule has 1 rings (SSSR count). The standard InChI is InChI=1S/C8H12O3/c1-8(2)4-3-5(9)6(10)7(8)11/h5,9H,3-4H2,1-2H3. The molecule has 0 aliphatic heterocycles. The van der Waals surface area contributed by atoms with Gasteiger partial charge in [0.1, 0.15) is 6.10 Å². The van der Waals surface area contributed by atoms with Crippen LogP contribution < -0.4 is 0 Å². The van der Waals surface area contributed by atoms with Gasteiger partial charge in [0, 0.05) is 5.41 Å². The van der Waals surface area contributed by atoms with Gasteiger partial charge in [0.25, 0.3) is 0 Å². The Hall–Kier alpha value is -0.700. The molecule has 0 aromatic carbocycles. The Balaban J connectivity index is 2.84. The minimum Gasteiger partial charge on any atom is -0.385 e. The largest absolute Gasteiger partial charge is 0.385 e. The van der Waals surface area contributed by atoms with Crippen molar-refractivity contribution in [2.24, 2.45) is 5.41 Å². The SMILES string of the molecule is CC1(C)CCC(O)C(=O)C1=O. The van der Waals surface area contributed by atoms with Crippen LogP contribution in [0.3, 0.4) is 0 Å². The van der Waals surface area contributed by atoms with E-state index in [-0.39, 0.29) is 0 Å². The summed E-state index contributed by atoms with van der Waals surface area (Å²) in [5, 5.41) is 9.01. The average Bonchev–Trinajstić information content (AvgIpc) is 1.95. The van der Waals surface area contributed by atoms with Crippen molar-refractivity contribution in [1.82, 2.24) is 0 Å². The van der Waals surface area contributed by atoms with E-state index in [4.69, 9.17) is 5.11 Å². The fourth-order valence-corrected chi connectivity index (χ4v) is 1.23. The molecule has 1 N–H and O–H groups in total. The monoisotopic (exact) mass is 156 g/mol. The molecule has 1 unspecified atom stereocenters. The highest BCUT2D eigenvalue weighted by Crippen LogP contribution is 2.30. The number of aliphatic hydroxyl groups is 1. The van der Waals surface area contributed by atoms with Gasteiger partial charge in [-0.3, -0.25) is 9.59 Å². The van der Waals surface area contributed by atoms with Crippen molar-refractivity contribution in [3.8, 4) is 0 Å². The number of Topliss-reactive ketones (excluding diaryl/α,β-unsaturated/α-hetero) is 2. The zero-order valence-corrected chi connectivity index (χ0v) is 6.76. The molecule has 0 heterocycles. The van der Waals surface area contributed by atoms with Gasteiger partial charge in [-0.15, -0.1) is 0 Å². The van der Waals surface area contributed by atoms with Gasteiger partial charge >= 0.3 is 0 Å². The lowest BCUT2D eigenvalue weighted by atomic mass is 9.74. The topological polar surface area (TPSA) is 54.4 Å². The molecular formula is C8H12O3. The van der Waals surface area contributed by atoms with Gasteiger partial charge in [0.2, 0.25) is 11.6 Å². The molecule has 62 valence electrons. The molecule has 0 spiro atoms. The number of hydrogen-bond donors (Lipinski definition) is 1. The van der Waals surface area contributed by atoms with Crippen molar-refractivity contribution in [2.75, 3.05) is 0 Å². The van der Waals surface area contributed by atoms with Gasteiger partial charge in [-0.05, 0) is 12.8 Å². The Kier molecular flexibility index (Phi) is 1.84. The zero-order chi connectivity index (χ0) is 8.65. The Morgan fingerprint density at radius 3 is 2.45 bits per heavy atom. The van der Waals surface area contributed by atoms with Crippen LogP contribution in [0.5, 0.6) is 0 Å². The molecule has 3 heteroatoms. The van der Waals surface area contributed by atoms with E-state index in [1.165, 1.54) is 0 Å². The van der Waals surface area contributed by atoms with E-state index in [0.29, 0.717) is 12.8 Å². The second-order valence-corrected chi connectivity index (χ2v) is 3.63. The molecule has 0 radical (unpaired) electrons. The maximum Gasteiger partial charge on any atom is 0.227 e. The predicted octanol–water partition coefficient (Wildman–Crippen LogP) is 0.305. The quantitative estimate of drug-likeness (QED) is 0.513. The van der Waals surface area contributed by atoms with Crippen molar-refractivity contribution in [1.29, 1.82) is 0 Å². The minimum absolute atomic E-state index is 0.414. The summed E-state index contributed by atoms with van der Waals surface area (Å²) in [5.41, 5.74) is -0.559. The van der Waals surface area contributed by atoms with Crippen LogP contribution >= 0.6 is 0 Å².